The Morgan fingerprint density at radius 1 is 1.13 bits per heavy atom. The van der Waals surface area contributed by atoms with Gasteiger partial charge in [-0.25, -0.2) is 0 Å². The summed E-state index contributed by atoms with van der Waals surface area (Å²) in [4.78, 5) is 0. The lowest BCUT2D eigenvalue weighted by atomic mass is 9.58. The van der Waals surface area contributed by atoms with Crippen LogP contribution in [-0.4, -0.2) is 48.8 Å². The van der Waals surface area contributed by atoms with Crippen LogP contribution in [0.25, 0.3) is 0 Å². The molecule has 0 aliphatic carbocycles. The molecular formula is C19H36O4. The molecule has 0 saturated carbocycles. The van der Waals surface area contributed by atoms with Gasteiger partial charge in [0.05, 0.1) is 18.8 Å². The second kappa shape index (κ2) is 6.99. The van der Waals surface area contributed by atoms with Crippen molar-refractivity contribution in [2.24, 2.45) is 28.6 Å². The van der Waals surface area contributed by atoms with Crippen LogP contribution in [0.1, 0.15) is 53.9 Å². The van der Waals surface area contributed by atoms with Crippen LogP contribution in [0.4, 0.5) is 0 Å². The molecule has 0 amide bonds. The number of hydrogen-bond acceptors (Lipinski definition) is 4. The fourth-order valence-electron chi connectivity index (χ4n) is 5.02. The Kier molecular flexibility index (Phi) is 5.82. The van der Waals surface area contributed by atoms with Crippen molar-refractivity contribution < 1.29 is 19.7 Å². The lowest BCUT2D eigenvalue weighted by Crippen LogP contribution is -2.52. The largest absolute Gasteiger partial charge is 0.396 e. The number of rotatable bonds is 6. The van der Waals surface area contributed by atoms with Crippen molar-refractivity contribution in [3.8, 4) is 0 Å². The van der Waals surface area contributed by atoms with Gasteiger partial charge in [-0.2, -0.15) is 0 Å². The van der Waals surface area contributed by atoms with Gasteiger partial charge >= 0.3 is 0 Å². The molecule has 4 atom stereocenters. The molecule has 2 rings (SSSR count). The molecule has 4 heteroatoms. The minimum atomic E-state index is -0.766. The molecule has 4 unspecified atom stereocenters. The maximum absolute atomic E-state index is 10.8. The van der Waals surface area contributed by atoms with Crippen LogP contribution in [0.5, 0.6) is 0 Å². The van der Waals surface area contributed by atoms with E-state index < -0.39 is 5.60 Å². The predicted molar refractivity (Wildman–Crippen MR) is 91.2 cm³/mol. The summed E-state index contributed by atoms with van der Waals surface area (Å²) in [5, 5.41) is 21.0. The van der Waals surface area contributed by atoms with E-state index in [1.165, 1.54) is 0 Å². The Labute approximate surface area is 141 Å². The molecular weight excluding hydrogens is 292 g/mol. The second-order valence-corrected chi connectivity index (χ2v) is 8.72. The molecule has 0 spiro atoms. The van der Waals surface area contributed by atoms with Crippen molar-refractivity contribution >= 4 is 0 Å². The fraction of sp³-hybridized carbons (Fsp3) is 1.00. The van der Waals surface area contributed by atoms with Crippen LogP contribution in [0.3, 0.4) is 0 Å². The standard InChI is InChI=1S/C19H36O4/c1-14(2)18(12-20)6-8-22-11-16(18)10-15(3)19(17(4,5)21)7-9-23-13-19/h14-16,20-21H,6-13H2,1-5H3. The van der Waals surface area contributed by atoms with Crippen molar-refractivity contribution in [2.75, 3.05) is 33.0 Å². The van der Waals surface area contributed by atoms with E-state index in [0.29, 0.717) is 31.0 Å². The first-order chi connectivity index (χ1) is 10.7. The lowest BCUT2D eigenvalue weighted by molar-refractivity contribution is -0.128. The highest BCUT2D eigenvalue weighted by molar-refractivity contribution is 5.01. The second-order valence-electron chi connectivity index (χ2n) is 8.72. The van der Waals surface area contributed by atoms with Crippen LogP contribution in [0, 0.1) is 28.6 Å². The summed E-state index contributed by atoms with van der Waals surface area (Å²) in [6.07, 6.45) is 2.79. The Balaban J connectivity index is 2.21. The third-order valence-electron chi connectivity index (χ3n) is 7.14. The van der Waals surface area contributed by atoms with Gasteiger partial charge in [0.2, 0.25) is 0 Å². The van der Waals surface area contributed by atoms with Crippen LogP contribution < -0.4 is 0 Å². The maximum atomic E-state index is 10.8. The molecule has 2 aliphatic heterocycles. The minimum Gasteiger partial charge on any atom is -0.396 e. The van der Waals surface area contributed by atoms with Gasteiger partial charge in [-0.15, -0.1) is 0 Å². The highest BCUT2D eigenvalue weighted by Gasteiger charge is 2.53. The Morgan fingerprint density at radius 3 is 2.26 bits per heavy atom. The van der Waals surface area contributed by atoms with Gasteiger partial charge in [-0.3, -0.25) is 0 Å². The average Bonchev–Trinajstić information content (AvgIpc) is 2.98. The monoisotopic (exact) mass is 328 g/mol. The molecule has 0 aromatic heterocycles. The summed E-state index contributed by atoms with van der Waals surface area (Å²) >= 11 is 0. The van der Waals surface area contributed by atoms with Crippen LogP contribution in [-0.2, 0) is 9.47 Å². The van der Waals surface area contributed by atoms with Gasteiger partial charge in [-0.1, -0.05) is 20.8 Å². The molecule has 0 radical (unpaired) electrons. The highest BCUT2D eigenvalue weighted by atomic mass is 16.5. The van der Waals surface area contributed by atoms with Gasteiger partial charge in [0, 0.05) is 30.7 Å². The zero-order valence-corrected chi connectivity index (χ0v) is 15.6. The molecule has 2 N–H and O–H groups in total. The van der Waals surface area contributed by atoms with Crippen molar-refractivity contribution in [1.29, 1.82) is 0 Å². The summed E-state index contributed by atoms with van der Waals surface area (Å²) in [5.41, 5.74) is -1.03. The quantitative estimate of drug-likeness (QED) is 0.787. The summed E-state index contributed by atoms with van der Waals surface area (Å²) in [6, 6.07) is 0. The van der Waals surface area contributed by atoms with E-state index >= 15 is 0 Å². The predicted octanol–water partition coefficient (Wildman–Crippen LogP) is 2.86. The summed E-state index contributed by atoms with van der Waals surface area (Å²) < 4.78 is 11.4. The molecule has 0 aromatic rings. The van der Waals surface area contributed by atoms with Crippen molar-refractivity contribution in [1.82, 2.24) is 0 Å². The minimum absolute atomic E-state index is 0.0627. The van der Waals surface area contributed by atoms with E-state index in [-0.39, 0.29) is 17.4 Å². The number of hydrogen-bond donors (Lipinski definition) is 2. The topological polar surface area (TPSA) is 58.9 Å². The van der Waals surface area contributed by atoms with E-state index in [1.54, 1.807) is 0 Å². The number of aliphatic hydroxyl groups is 2. The van der Waals surface area contributed by atoms with Crippen molar-refractivity contribution in [3.63, 3.8) is 0 Å². The maximum Gasteiger partial charge on any atom is 0.0673 e. The summed E-state index contributed by atoms with van der Waals surface area (Å²) in [5.74, 6) is 1.07. The third-order valence-corrected chi connectivity index (χ3v) is 7.14. The SMILES string of the molecule is CC(C)C1(CO)CCOCC1CC(C)C1(C(C)(C)O)CCOC1. The Hall–Kier alpha value is -0.160. The molecule has 2 saturated heterocycles. The van der Waals surface area contributed by atoms with E-state index in [4.69, 9.17) is 9.47 Å². The van der Waals surface area contributed by atoms with Crippen LogP contribution in [0.15, 0.2) is 0 Å². The van der Waals surface area contributed by atoms with E-state index in [2.05, 4.69) is 20.8 Å². The van der Waals surface area contributed by atoms with Gasteiger partial charge < -0.3 is 19.7 Å². The Morgan fingerprint density at radius 2 is 1.78 bits per heavy atom. The fourth-order valence-corrected chi connectivity index (χ4v) is 5.02. The summed E-state index contributed by atoms with van der Waals surface area (Å²) in [6.45, 7) is 13.5. The van der Waals surface area contributed by atoms with E-state index in [9.17, 15) is 10.2 Å². The molecule has 2 heterocycles. The first kappa shape index (κ1) is 19.2. The number of aliphatic hydroxyl groups excluding tert-OH is 1. The van der Waals surface area contributed by atoms with Crippen LogP contribution in [0.2, 0.25) is 0 Å². The van der Waals surface area contributed by atoms with Gasteiger partial charge in [-0.05, 0) is 50.9 Å². The van der Waals surface area contributed by atoms with E-state index in [0.717, 1.165) is 32.5 Å². The molecule has 23 heavy (non-hydrogen) atoms. The van der Waals surface area contributed by atoms with Crippen molar-refractivity contribution in [2.45, 2.75) is 59.5 Å². The Bertz CT molecular complexity index is 381. The average molecular weight is 328 g/mol. The molecule has 2 fully saturated rings. The van der Waals surface area contributed by atoms with Gasteiger partial charge in [0.15, 0.2) is 0 Å². The normalized spacial score (nSPS) is 37.3. The third kappa shape index (κ3) is 3.33. The first-order valence-corrected chi connectivity index (χ1v) is 9.18. The number of ether oxygens (including phenoxy) is 2. The van der Waals surface area contributed by atoms with Gasteiger partial charge in [0.1, 0.15) is 0 Å². The summed E-state index contributed by atoms with van der Waals surface area (Å²) in [7, 11) is 0. The highest BCUT2D eigenvalue weighted by Crippen LogP contribution is 2.51. The van der Waals surface area contributed by atoms with Gasteiger partial charge in [0.25, 0.3) is 0 Å². The lowest BCUT2D eigenvalue weighted by Gasteiger charge is -2.50. The first-order valence-electron chi connectivity index (χ1n) is 9.18. The zero-order valence-electron chi connectivity index (χ0n) is 15.6. The van der Waals surface area contributed by atoms with Crippen LogP contribution >= 0.6 is 0 Å². The molecule has 2 aliphatic rings. The zero-order chi connectivity index (χ0) is 17.3. The molecule has 4 nitrogen and oxygen atoms in total. The molecule has 0 bridgehead atoms. The van der Waals surface area contributed by atoms with Crippen molar-refractivity contribution in [3.05, 3.63) is 0 Å². The molecule has 136 valence electrons. The smallest absolute Gasteiger partial charge is 0.0673 e. The molecule has 0 aromatic carbocycles. The van der Waals surface area contributed by atoms with E-state index in [1.807, 2.05) is 13.8 Å².